The molecular formula is C12H24O3Si. The Bertz CT molecular complexity index is 251. The number of hydrogen-bond acceptors (Lipinski definition) is 3. The zero-order chi connectivity index (χ0) is 12.8. The number of esters is 1. The van der Waals surface area contributed by atoms with E-state index in [0.29, 0.717) is 12.8 Å². The van der Waals surface area contributed by atoms with Crippen LogP contribution in [0.25, 0.3) is 0 Å². The molecule has 0 bridgehead atoms. The lowest BCUT2D eigenvalue weighted by atomic mass is 10.2. The third-order valence-corrected chi connectivity index (χ3v) is 7.35. The van der Waals surface area contributed by atoms with Crippen molar-refractivity contribution in [1.82, 2.24) is 0 Å². The van der Waals surface area contributed by atoms with Crippen LogP contribution in [0.4, 0.5) is 0 Å². The van der Waals surface area contributed by atoms with Gasteiger partial charge in [0.2, 0.25) is 8.32 Å². The first kappa shape index (κ1) is 15.2. The van der Waals surface area contributed by atoms with E-state index < -0.39 is 8.32 Å². The minimum atomic E-state index is -1.69. The summed E-state index contributed by atoms with van der Waals surface area (Å²) in [6.45, 7) is 11.0. The van der Waals surface area contributed by atoms with Crippen molar-refractivity contribution in [1.29, 1.82) is 0 Å². The van der Waals surface area contributed by atoms with E-state index in [9.17, 15) is 4.79 Å². The van der Waals surface area contributed by atoms with Crippen LogP contribution < -0.4 is 0 Å². The predicted molar refractivity (Wildman–Crippen MR) is 68.7 cm³/mol. The van der Waals surface area contributed by atoms with E-state index in [4.69, 9.17) is 4.43 Å². The zero-order valence-electron chi connectivity index (χ0n) is 11.3. The maximum atomic E-state index is 10.8. The van der Waals surface area contributed by atoms with Gasteiger partial charge < -0.3 is 9.16 Å². The molecule has 0 radical (unpaired) electrons. The van der Waals surface area contributed by atoms with E-state index >= 15 is 0 Å². The molecule has 16 heavy (non-hydrogen) atoms. The normalized spacial score (nSPS) is 12.9. The fraction of sp³-hybridized carbons (Fsp3) is 0.750. The Kier molecular flexibility index (Phi) is 5.79. The van der Waals surface area contributed by atoms with Gasteiger partial charge >= 0.3 is 5.97 Å². The highest BCUT2D eigenvalue weighted by atomic mass is 28.4. The van der Waals surface area contributed by atoms with E-state index in [1.54, 1.807) is 6.26 Å². The number of carbonyl (C=O) groups excluding carboxylic acids is 1. The zero-order valence-corrected chi connectivity index (χ0v) is 12.3. The molecule has 0 aliphatic rings. The van der Waals surface area contributed by atoms with Gasteiger partial charge in [0.15, 0.2) is 0 Å². The molecule has 0 rings (SSSR count). The van der Waals surface area contributed by atoms with Gasteiger partial charge in [-0.05, 0) is 24.6 Å². The fourth-order valence-corrected chi connectivity index (χ4v) is 1.56. The van der Waals surface area contributed by atoms with Crippen LogP contribution in [0, 0.1) is 0 Å². The minimum Gasteiger partial charge on any atom is -0.549 e. The van der Waals surface area contributed by atoms with E-state index in [-0.39, 0.29) is 11.0 Å². The topological polar surface area (TPSA) is 35.5 Å². The summed E-state index contributed by atoms with van der Waals surface area (Å²) in [6.07, 6.45) is 4.70. The third kappa shape index (κ3) is 5.35. The Morgan fingerprint density at radius 3 is 2.31 bits per heavy atom. The van der Waals surface area contributed by atoms with Crippen molar-refractivity contribution in [3.63, 3.8) is 0 Å². The van der Waals surface area contributed by atoms with Gasteiger partial charge in [-0.3, -0.25) is 4.79 Å². The van der Waals surface area contributed by atoms with Crippen LogP contribution in [0.5, 0.6) is 0 Å². The van der Waals surface area contributed by atoms with Crippen LogP contribution in [0.2, 0.25) is 18.1 Å². The Balaban J connectivity index is 3.97. The second kappa shape index (κ2) is 6.08. The van der Waals surface area contributed by atoms with Crippen molar-refractivity contribution in [2.75, 3.05) is 7.11 Å². The molecule has 0 unspecified atom stereocenters. The Morgan fingerprint density at radius 2 is 1.88 bits per heavy atom. The number of methoxy groups -OCH3 is 1. The first-order valence-corrected chi connectivity index (χ1v) is 8.51. The SMILES string of the molecule is COC(=O)CCC=CO[Si](C)(C)C(C)(C)C. The predicted octanol–water partition coefficient (Wildman–Crippen LogP) is 3.48. The van der Waals surface area contributed by atoms with Gasteiger partial charge in [-0.2, -0.15) is 0 Å². The van der Waals surface area contributed by atoms with Crippen molar-refractivity contribution in [2.45, 2.75) is 51.7 Å². The van der Waals surface area contributed by atoms with Crippen molar-refractivity contribution < 1.29 is 14.0 Å². The van der Waals surface area contributed by atoms with Crippen molar-refractivity contribution in [3.05, 3.63) is 12.3 Å². The van der Waals surface area contributed by atoms with Gasteiger partial charge in [-0.1, -0.05) is 26.8 Å². The highest BCUT2D eigenvalue weighted by Crippen LogP contribution is 2.36. The van der Waals surface area contributed by atoms with E-state index in [1.165, 1.54) is 7.11 Å². The van der Waals surface area contributed by atoms with Crippen LogP contribution in [0.1, 0.15) is 33.6 Å². The molecule has 4 heteroatoms. The molecule has 0 saturated heterocycles. The summed E-state index contributed by atoms with van der Waals surface area (Å²) in [5, 5.41) is 0.208. The summed E-state index contributed by atoms with van der Waals surface area (Å²) in [7, 11) is -0.292. The fourth-order valence-electron chi connectivity index (χ4n) is 0.766. The lowest BCUT2D eigenvalue weighted by Crippen LogP contribution is -2.39. The van der Waals surface area contributed by atoms with Gasteiger partial charge in [0.25, 0.3) is 0 Å². The first-order valence-electron chi connectivity index (χ1n) is 5.60. The summed E-state index contributed by atoms with van der Waals surface area (Å²) in [6, 6.07) is 0. The maximum Gasteiger partial charge on any atom is 0.305 e. The molecule has 0 fully saturated rings. The van der Waals surface area contributed by atoms with Gasteiger partial charge in [0, 0.05) is 6.42 Å². The van der Waals surface area contributed by atoms with Gasteiger partial charge in [0.1, 0.15) is 0 Å². The monoisotopic (exact) mass is 244 g/mol. The van der Waals surface area contributed by atoms with Crippen molar-refractivity contribution in [3.8, 4) is 0 Å². The number of ether oxygens (including phenoxy) is 1. The van der Waals surface area contributed by atoms with Crippen LogP contribution >= 0.6 is 0 Å². The van der Waals surface area contributed by atoms with E-state index in [2.05, 4.69) is 38.6 Å². The largest absolute Gasteiger partial charge is 0.549 e. The number of allylic oxidation sites excluding steroid dienone is 1. The highest BCUT2D eigenvalue weighted by molar-refractivity contribution is 6.74. The second-order valence-corrected chi connectivity index (χ2v) is 10.1. The van der Waals surface area contributed by atoms with Gasteiger partial charge in [-0.25, -0.2) is 0 Å². The summed E-state index contributed by atoms with van der Waals surface area (Å²) in [4.78, 5) is 10.8. The molecule has 3 nitrogen and oxygen atoms in total. The molecule has 0 saturated carbocycles. The Morgan fingerprint density at radius 1 is 1.31 bits per heavy atom. The first-order chi connectivity index (χ1) is 7.20. The van der Waals surface area contributed by atoms with Crippen LogP contribution in [0.3, 0.4) is 0 Å². The quantitative estimate of drug-likeness (QED) is 0.422. The van der Waals surface area contributed by atoms with Gasteiger partial charge in [-0.15, -0.1) is 0 Å². The highest BCUT2D eigenvalue weighted by Gasteiger charge is 2.37. The Hall–Kier alpha value is -0.773. The molecule has 0 heterocycles. The molecule has 0 aliphatic heterocycles. The van der Waals surface area contributed by atoms with Crippen molar-refractivity contribution in [2.24, 2.45) is 0 Å². The molecule has 0 N–H and O–H groups in total. The third-order valence-electron chi connectivity index (χ3n) is 3.01. The van der Waals surface area contributed by atoms with Gasteiger partial charge in [0.05, 0.1) is 13.4 Å². The molecule has 0 atom stereocenters. The standard InChI is InChI=1S/C12H24O3Si/c1-12(2,3)16(5,6)15-10-8-7-9-11(13)14-4/h8,10H,7,9H2,1-6H3. The Labute approximate surface area is 100.0 Å². The lowest BCUT2D eigenvalue weighted by Gasteiger charge is -2.34. The van der Waals surface area contributed by atoms with Crippen LogP contribution in [-0.4, -0.2) is 21.4 Å². The van der Waals surface area contributed by atoms with Crippen LogP contribution in [-0.2, 0) is 14.0 Å². The molecule has 0 aromatic carbocycles. The summed E-state index contributed by atoms with van der Waals surface area (Å²) in [5.74, 6) is -0.183. The number of hydrogen-bond donors (Lipinski definition) is 0. The lowest BCUT2D eigenvalue weighted by molar-refractivity contribution is -0.140. The average Bonchev–Trinajstić information content (AvgIpc) is 2.15. The van der Waals surface area contributed by atoms with E-state index in [0.717, 1.165) is 0 Å². The van der Waals surface area contributed by atoms with E-state index in [1.807, 2.05) is 6.08 Å². The van der Waals surface area contributed by atoms with Crippen molar-refractivity contribution >= 4 is 14.3 Å². The molecule has 0 spiro atoms. The average molecular weight is 244 g/mol. The number of rotatable bonds is 5. The summed E-state index contributed by atoms with van der Waals surface area (Å²) in [5.41, 5.74) is 0. The summed E-state index contributed by atoms with van der Waals surface area (Å²) < 4.78 is 10.4. The molecule has 0 aromatic heterocycles. The maximum absolute atomic E-state index is 10.8. The molecule has 0 amide bonds. The minimum absolute atomic E-state index is 0.183. The summed E-state index contributed by atoms with van der Waals surface area (Å²) >= 11 is 0. The smallest absolute Gasteiger partial charge is 0.305 e. The second-order valence-electron chi connectivity index (χ2n) is 5.36. The van der Waals surface area contributed by atoms with Crippen LogP contribution in [0.15, 0.2) is 12.3 Å². The molecule has 0 aromatic rings. The molecule has 94 valence electrons. The molecule has 0 aliphatic carbocycles. The molecular weight excluding hydrogens is 220 g/mol. The number of carbonyl (C=O) groups is 1.